The molecule has 0 saturated carbocycles. The van der Waals surface area contributed by atoms with Crippen LogP contribution in [0.2, 0.25) is 0 Å². The molecule has 1 amide bonds. The summed E-state index contributed by atoms with van der Waals surface area (Å²) in [6, 6.07) is 17.0. The highest BCUT2D eigenvalue weighted by Crippen LogP contribution is 2.25. The van der Waals surface area contributed by atoms with E-state index in [1.165, 1.54) is 23.9 Å². The van der Waals surface area contributed by atoms with Crippen LogP contribution in [0.3, 0.4) is 0 Å². The van der Waals surface area contributed by atoms with Gasteiger partial charge in [0.15, 0.2) is 5.16 Å². The molecule has 0 aliphatic heterocycles. The number of rotatable bonds is 7. The normalized spacial score (nSPS) is 10.7. The molecule has 4 rings (SSSR count). The standard InChI is InChI=1S/C21H18FN5O2S/c1-29-18-9-7-17(8-10-18)27-20(26-11-2-3-12-26)24-25-21(27)30-14-19(28)23-16-6-4-5-15(22)13-16/h2-13H,14H2,1H3,(H,23,28). The van der Waals surface area contributed by atoms with Crippen LogP contribution < -0.4 is 10.1 Å². The Balaban J connectivity index is 1.57. The number of thioether (sulfide) groups is 1. The van der Waals surface area contributed by atoms with Crippen molar-refractivity contribution in [1.82, 2.24) is 19.3 Å². The number of carbonyl (C=O) groups excluding carboxylic acids is 1. The first-order chi connectivity index (χ1) is 14.6. The van der Waals surface area contributed by atoms with Gasteiger partial charge in [-0.15, -0.1) is 10.2 Å². The summed E-state index contributed by atoms with van der Waals surface area (Å²) >= 11 is 1.24. The van der Waals surface area contributed by atoms with Crippen LogP contribution in [0.25, 0.3) is 11.6 Å². The molecule has 2 aromatic carbocycles. The van der Waals surface area contributed by atoms with Crippen molar-refractivity contribution >= 4 is 23.4 Å². The molecule has 0 fully saturated rings. The number of aromatic nitrogens is 4. The molecule has 30 heavy (non-hydrogen) atoms. The van der Waals surface area contributed by atoms with E-state index >= 15 is 0 Å². The van der Waals surface area contributed by atoms with Crippen molar-refractivity contribution < 1.29 is 13.9 Å². The second kappa shape index (κ2) is 8.83. The number of anilines is 1. The van der Waals surface area contributed by atoms with E-state index in [0.29, 0.717) is 16.8 Å². The van der Waals surface area contributed by atoms with Gasteiger partial charge in [0.25, 0.3) is 0 Å². The Labute approximate surface area is 176 Å². The van der Waals surface area contributed by atoms with Crippen molar-refractivity contribution in [3.8, 4) is 17.4 Å². The molecule has 152 valence electrons. The minimum absolute atomic E-state index is 0.0937. The highest BCUT2D eigenvalue weighted by molar-refractivity contribution is 7.99. The first kappa shape index (κ1) is 19.7. The van der Waals surface area contributed by atoms with Crippen molar-refractivity contribution in [3.05, 3.63) is 78.9 Å². The van der Waals surface area contributed by atoms with E-state index < -0.39 is 5.82 Å². The zero-order chi connectivity index (χ0) is 20.9. The zero-order valence-corrected chi connectivity index (χ0v) is 16.8. The van der Waals surface area contributed by atoms with Crippen LogP contribution in [-0.2, 0) is 4.79 Å². The van der Waals surface area contributed by atoms with Gasteiger partial charge in [0, 0.05) is 18.1 Å². The molecule has 9 heteroatoms. The molecule has 2 heterocycles. The topological polar surface area (TPSA) is 74.0 Å². The fourth-order valence-corrected chi connectivity index (χ4v) is 3.59. The van der Waals surface area contributed by atoms with E-state index in [-0.39, 0.29) is 11.7 Å². The summed E-state index contributed by atoms with van der Waals surface area (Å²) in [6.07, 6.45) is 3.74. The SMILES string of the molecule is COc1ccc(-n2c(SCC(=O)Nc3cccc(F)c3)nnc2-n2cccc2)cc1. The van der Waals surface area contributed by atoms with Crippen LogP contribution in [0.5, 0.6) is 5.75 Å². The van der Waals surface area contributed by atoms with Crippen LogP contribution >= 0.6 is 11.8 Å². The van der Waals surface area contributed by atoms with Gasteiger partial charge in [-0.25, -0.2) is 4.39 Å². The summed E-state index contributed by atoms with van der Waals surface area (Å²) in [7, 11) is 1.61. The van der Waals surface area contributed by atoms with Gasteiger partial charge in [0.05, 0.1) is 18.6 Å². The lowest BCUT2D eigenvalue weighted by molar-refractivity contribution is -0.113. The average molecular weight is 423 g/mol. The van der Waals surface area contributed by atoms with Gasteiger partial charge in [0.2, 0.25) is 11.9 Å². The first-order valence-corrected chi connectivity index (χ1v) is 10.0. The number of halogens is 1. The first-order valence-electron chi connectivity index (χ1n) is 9.05. The fourth-order valence-electron chi connectivity index (χ4n) is 2.84. The van der Waals surface area contributed by atoms with Crippen LogP contribution in [0.1, 0.15) is 0 Å². The van der Waals surface area contributed by atoms with Crippen molar-refractivity contribution in [2.45, 2.75) is 5.16 Å². The second-order valence-corrected chi connectivity index (χ2v) is 7.20. The van der Waals surface area contributed by atoms with E-state index in [9.17, 15) is 9.18 Å². The lowest BCUT2D eigenvalue weighted by atomic mass is 10.3. The lowest BCUT2D eigenvalue weighted by Gasteiger charge is -2.11. The molecule has 0 unspecified atom stereocenters. The molecule has 1 N–H and O–H groups in total. The molecule has 7 nitrogen and oxygen atoms in total. The maximum absolute atomic E-state index is 13.3. The summed E-state index contributed by atoms with van der Waals surface area (Å²) in [4.78, 5) is 12.3. The molecule has 2 aromatic heterocycles. The maximum Gasteiger partial charge on any atom is 0.240 e. The molecule has 0 atom stereocenters. The van der Waals surface area contributed by atoms with E-state index in [1.807, 2.05) is 57.9 Å². The number of ether oxygens (including phenoxy) is 1. The number of nitrogens with zero attached hydrogens (tertiary/aromatic N) is 4. The van der Waals surface area contributed by atoms with Gasteiger partial charge < -0.3 is 10.1 Å². The van der Waals surface area contributed by atoms with Crippen molar-refractivity contribution in [2.75, 3.05) is 18.2 Å². The van der Waals surface area contributed by atoms with Crippen LogP contribution in [0, 0.1) is 5.82 Å². The van der Waals surface area contributed by atoms with Crippen LogP contribution in [-0.4, -0.2) is 38.1 Å². The number of carbonyl (C=O) groups is 1. The molecular formula is C21H18FN5O2S. The van der Waals surface area contributed by atoms with Crippen molar-refractivity contribution in [2.24, 2.45) is 0 Å². The Kier molecular flexibility index (Phi) is 5.80. The quantitative estimate of drug-likeness (QED) is 0.456. The minimum atomic E-state index is -0.406. The van der Waals surface area contributed by atoms with Gasteiger partial charge in [-0.1, -0.05) is 17.8 Å². The predicted octanol–water partition coefficient (Wildman–Crippen LogP) is 3.94. The number of nitrogens with one attached hydrogen (secondary N) is 1. The summed E-state index contributed by atoms with van der Waals surface area (Å²) in [5.74, 6) is 0.751. The largest absolute Gasteiger partial charge is 0.497 e. The lowest BCUT2D eigenvalue weighted by Crippen LogP contribution is -2.14. The Morgan fingerprint density at radius 2 is 1.87 bits per heavy atom. The van der Waals surface area contributed by atoms with Gasteiger partial charge in [0.1, 0.15) is 11.6 Å². The fraction of sp³-hybridized carbons (Fsp3) is 0.0952. The Morgan fingerprint density at radius 3 is 2.57 bits per heavy atom. The predicted molar refractivity (Wildman–Crippen MR) is 113 cm³/mol. The molecule has 0 radical (unpaired) electrons. The zero-order valence-electron chi connectivity index (χ0n) is 16.0. The Bertz CT molecular complexity index is 1140. The third kappa shape index (κ3) is 4.36. The van der Waals surface area contributed by atoms with Gasteiger partial charge in [-0.2, -0.15) is 0 Å². The summed E-state index contributed by atoms with van der Waals surface area (Å²) in [5, 5.41) is 11.8. The number of hydrogen-bond acceptors (Lipinski definition) is 5. The number of amides is 1. The van der Waals surface area contributed by atoms with E-state index in [4.69, 9.17) is 4.74 Å². The Morgan fingerprint density at radius 1 is 1.10 bits per heavy atom. The van der Waals surface area contributed by atoms with Crippen molar-refractivity contribution in [3.63, 3.8) is 0 Å². The molecule has 0 aliphatic carbocycles. The van der Waals surface area contributed by atoms with Gasteiger partial charge in [-0.3, -0.25) is 13.9 Å². The molecule has 0 spiro atoms. The molecule has 0 bridgehead atoms. The summed E-state index contributed by atoms with van der Waals surface area (Å²) in [5.41, 5.74) is 1.24. The van der Waals surface area contributed by atoms with E-state index in [1.54, 1.807) is 19.2 Å². The van der Waals surface area contributed by atoms with Crippen LogP contribution in [0.15, 0.2) is 78.2 Å². The third-order valence-corrected chi connectivity index (χ3v) is 5.15. The van der Waals surface area contributed by atoms with Gasteiger partial charge >= 0.3 is 0 Å². The highest BCUT2D eigenvalue weighted by atomic mass is 32.2. The molecule has 0 aliphatic rings. The number of methoxy groups -OCH3 is 1. The third-order valence-electron chi connectivity index (χ3n) is 4.22. The second-order valence-electron chi connectivity index (χ2n) is 6.25. The monoisotopic (exact) mass is 423 g/mol. The van der Waals surface area contributed by atoms with Gasteiger partial charge in [-0.05, 0) is 54.6 Å². The maximum atomic E-state index is 13.3. The van der Waals surface area contributed by atoms with E-state index in [0.717, 1.165) is 11.4 Å². The highest BCUT2D eigenvalue weighted by Gasteiger charge is 2.17. The molecule has 4 aromatic rings. The molecular weight excluding hydrogens is 405 g/mol. The van der Waals surface area contributed by atoms with Crippen molar-refractivity contribution in [1.29, 1.82) is 0 Å². The van der Waals surface area contributed by atoms with E-state index in [2.05, 4.69) is 15.5 Å². The minimum Gasteiger partial charge on any atom is -0.497 e. The Hall–Kier alpha value is -3.59. The average Bonchev–Trinajstić information content (AvgIpc) is 3.42. The summed E-state index contributed by atoms with van der Waals surface area (Å²) in [6.45, 7) is 0. The molecule has 0 saturated heterocycles. The summed E-state index contributed by atoms with van der Waals surface area (Å²) < 4.78 is 22.2. The smallest absolute Gasteiger partial charge is 0.240 e. The number of hydrogen-bond donors (Lipinski definition) is 1. The van der Waals surface area contributed by atoms with Crippen LogP contribution in [0.4, 0.5) is 10.1 Å². The number of benzene rings is 2.